The number of tetrazole rings is 1. The Kier molecular flexibility index (Phi) is 4.05. The van der Waals surface area contributed by atoms with E-state index >= 15 is 0 Å². The van der Waals surface area contributed by atoms with E-state index in [-0.39, 0.29) is 5.69 Å². The molecule has 2 N–H and O–H groups in total. The van der Waals surface area contributed by atoms with Crippen molar-refractivity contribution in [2.24, 2.45) is 0 Å². The number of aromatic nitrogens is 6. The largest absolute Gasteiger partial charge is 0.326 e. The van der Waals surface area contributed by atoms with Gasteiger partial charge < -0.3 is 4.98 Å². The number of benzene rings is 2. The van der Waals surface area contributed by atoms with Gasteiger partial charge in [0.05, 0.1) is 11.0 Å². The molecule has 2 aromatic carbocycles. The smallest absolute Gasteiger partial charge is 0.306 e. The normalized spacial score (nSPS) is 11.6. The van der Waals surface area contributed by atoms with Crippen molar-refractivity contribution in [1.82, 2.24) is 30.2 Å². The molecule has 5 rings (SSSR count). The lowest BCUT2D eigenvalue weighted by atomic mass is 10.0. The summed E-state index contributed by atoms with van der Waals surface area (Å²) in [4.78, 5) is 15.4. The third-order valence-electron chi connectivity index (χ3n) is 5.07. The number of hydrogen-bond donors (Lipinski definition) is 2. The second kappa shape index (κ2) is 6.72. The molecule has 3 aromatic heterocycles. The fourth-order valence-corrected chi connectivity index (χ4v) is 4.77. The van der Waals surface area contributed by atoms with Crippen molar-refractivity contribution in [3.63, 3.8) is 0 Å². The molecule has 0 atom stereocenters. The highest BCUT2D eigenvalue weighted by Gasteiger charge is 2.11. The summed E-state index contributed by atoms with van der Waals surface area (Å²) in [6, 6.07) is 12.6. The lowest BCUT2D eigenvalue weighted by Gasteiger charge is -2.05. The highest BCUT2D eigenvalue weighted by molar-refractivity contribution is 7.17. The van der Waals surface area contributed by atoms with E-state index in [9.17, 15) is 4.79 Å². The van der Waals surface area contributed by atoms with Gasteiger partial charge in [0.25, 0.3) is 0 Å². The Morgan fingerprint density at radius 2 is 2.14 bits per heavy atom. The van der Waals surface area contributed by atoms with Crippen LogP contribution in [0.5, 0.6) is 0 Å². The zero-order valence-electron chi connectivity index (χ0n) is 15.3. The van der Waals surface area contributed by atoms with Crippen LogP contribution in [0.2, 0.25) is 0 Å². The first-order chi connectivity index (χ1) is 13.7. The van der Waals surface area contributed by atoms with E-state index in [0.717, 1.165) is 17.5 Å². The summed E-state index contributed by atoms with van der Waals surface area (Å²) in [5.41, 5.74) is 5.44. The molecule has 0 radical (unpaired) electrons. The zero-order valence-corrected chi connectivity index (χ0v) is 16.1. The highest BCUT2D eigenvalue weighted by atomic mass is 32.1. The van der Waals surface area contributed by atoms with E-state index in [1.807, 2.05) is 6.07 Å². The molecule has 3 heterocycles. The van der Waals surface area contributed by atoms with Gasteiger partial charge in [-0.25, -0.2) is 4.79 Å². The first kappa shape index (κ1) is 16.9. The number of thiophene rings is 1. The predicted molar refractivity (Wildman–Crippen MR) is 110 cm³/mol. The van der Waals surface area contributed by atoms with Crippen LogP contribution < -0.4 is 5.69 Å². The van der Waals surface area contributed by atoms with Crippen LogP contribution >= 0.6 is 11.3 Å². The summed E-state index contributed by atoms with van der Waals surface area (Å²) in [7, 11) is 0. The number of imidazole rings is 1. The standard InChI is InChI=1S/C20H18N6OS/c1-12-3-2-4-17-19(12)14(11-28-17)9-13-5-6-16-15(10-13)21-20(27)26(16)8-7-18-22-24-25-23-18/h2-6,10-11H,7-9H2,1H3,(H,21,27)(H,22,23,24,25). The molecule has 0 aliphatic rings. The van der Waals surface area contributed by atoms with Gasteiger partial charge >= 0.3 is 5.69 Å². The fraction of sp³-hybridized carbons (Fsp3) is 0.200. The molecule has 8 heteroatoms. The SMILES string of the molecule is Cc1cccc2scc(Cc3ccc4c(c3)[nH]c(=O)n4CCc3nn[nH]n3)c12. The molecule has 5 aromatic rings. The van der Waals surface area contributed by atoms with Gasteiger partial charge in [-0.05, 0) is 59.0 Å². The predicted octanol–water partition coefficient (Wildman–Crippen LogP) is 3.20. The molecule has 0 fully saturated rings. The minimum atomic E-state index is -0.118. The van der Waals surface area contributed by atoms with E-state index in [1.165, 1.54) is 26.8 Å². The Bertz CT molecular complexity index is 1330. The Balaban J connectivity index is 1.46. The average Bonchev–Trinajstić information content (AvgIpc) is 3.40. The third-order valence-corrected chi connectivity index (χ3v) is 6.06. The molecule has 0 bridgehead atoms. The molecule has 0 aliphatic carbocycles. The summed E-state index contributed by atoms with van der Waals surface area (Å²) in [6.45, 7) is 2.66. The number of H-pyrrole nitrogens is 2. The van der Waals surface area contributed by atoms with Crippen LogP contribution in [0.25, 0.3) is 21.1 Å². The number of aryl methyl sites for hydroxylation is 3. The number of hydrogen-bond acceptors (Lipinski definition) is 5. The maximum Gasteiger partial charge on any atom is 0.326 e. The Morgan fingerprint density at radius 1 is 1.21 bits per heavy atom. The van der Waals surface area contributed by atoms with Gasteiger partial charge in [0.15, 0.2) is 5.82 Å². The number of aromatic amines is 2. The summed E-state index contributed by atoms with van der Waals surface area (Å²) < 4.78 is 3.04. The van der Waals surface area contributed by atoms with E-state index in [4.69, 9.17) is 0 Å². The van der Waals surface area contributed by atoms with Crippen LogP contribution in [0, 0.1) is 6.92 Å². The van der Waals surface area contributed by atoms with Crippen molar-refractivity contribution in [1.29, 1.82) is 0 Å². The molecule has 7 nitrogen and oxygen atoms in total. The van der Waals surface area contributed by atoms with E-state index in [0.29, 0.717) is 18.8 Å². The topological polar surface area (TPSA) is 92.2 Å². The summed E-state index contributed by atoms with van der Waals surface area (Å²) in [5.74, 6) is 0.595. The maximum absolute atomic E-state index is 12.4. The molecule has 140 valence electrons. The Hall–Kier alpha value is -3.26. The van der Waals surface area contributed by atoms with E-state index in [2.05, 4.69) is 68.2 Å². The summed E-state index contributed by atoms with van der Waals surface area (Å²) >= 11 is 1.78. The van der Waals surface area contributed by atoms with Crippen LogP contribution in [0.3, 0.4) is 0 Å². The van der Waals surface area contributed by atoms with Crippen molar-refractivity contribution < 1.29 is 0 Å². The summed E-state index contributed by atoms with van der Waals surface area (Å²) in [6.07, 6.45) is 1.39. The second-order valence-corrected chi connectivity index (χ2v) is 7.81. The number of nitrogens with zero attached hydrogens (tertiary/aromatic N) is 4. The van der Waals surface area contributed by atoms with Crippen molar-refractivity contribution >= 4 is 32.5 Å². The van der Waals surface area contributed by atoms with E-state index < -0.39 is 0 Å². The highest BCUT2D eigenvalue weighted by Crippen LogP contribution is 2.30. The molecule has 0 amide bonds. The minimum absolute atomic E-state index is 0.118. The number of rotatable bonds is 5. The Labute approximate surface area is 164 Å². The van der Waals surface area contributed by atoms with Crippen LogP contribution in [-0.2, 0) is 19.4 Å². The lowest BCUT2D eigenvalue weighted by molar-refractivity contribution is 0.668. The lowest BCUT2D eigenvalue weighted by Crippen LogP contribution is -2.18. The maximum atomic E-state index is 12.4. The van der Waals surface area contributed by atoms with Crippen LogP contribution in [0.1, 0.15) is 22.5 Å². The van der Waals surface area contributed by atoms with E-state index in [1.54, 1.807) is 15.9 Å². The third kappa shape index (κ3) is 2.91. The minimum Gasteiger partial charge on any atom is -0.306 e. The van der Waals surface area contributed by atoms with Gasteiger partial charge in [-0.3, -0.25) is 4.57 Å². The molecule has 28 heavy (non-hydrogen) atoms. The van der Waals surface area contributed by atoms with Gasteiger partial charge in [0.1, 0.15) is 0 Å². The van der Waals surface area contributed by atoms with Crippen molar-refractivity contribution in [2.45, 2.75) is 26.3 Å². The van der Waals surface area contributed by atoms with Gasteiger partial charge in [-0.1, -0.05) is 23.4 Å². The van der Waals surface area contributed by atoms with Gasteiger partial charge in [0, 0.05) is 17.7 Å². The molecule has 0 saturated heterocycles. The Morgan fingerprint density at radius 3 is 3.00 bits per heavy atom. The molecule has 0 spiro atoms. The van der Waals surface area contributed by atoms with Crippen LogP contribution in [0.4, 0.5) is 0 Å². The number of fused-ring (bicyclic) bond motifs is 2. The van der Waals surface area contributed by atoms with Crippen molar-refractivity contribution in [3.05, 3.63) is 74.8 Å². The van der Waals surface area contributed by atoms with Crippen molar-refractivity contribution in [3.8, 4) is 0 Å². The fourth-order valence-electron chi connectivity index (χ4n) is 3.74. The first-order valence-electron chi connectivity index (χ1n) is 9.08. The quantitative estimate of drug-likeness (QED) is 0.482. The monoisotopic (exact) mass is 390 g/mol. The van der Waals surface area contributed by atoms with Crippen molar-refractivity contribution in [2.75, 3.05) is 0 Å². The molecule has 0 aliphatic heterocycles. The molecular weight excluding hydrogens is 372 g/mol. The average molecular weight is 390 g/mol. The van der Waals surface area contributed by atoms with Gasteiger partial charge in [0.2, 0.25) is 0 Å². The first-order valence-corrected chi connectivity index (χ1v) is 9.96. The number of nitrogens with one attached hydrogen (secondary N) is 2. The van der Waals surface area contributed by atoms with Gasteiger partial charge in [-0.15, -0.1) is 21.5 Å². The molecular formula is C20H18N6OS. The van der Waals surface area contributed by atoms with Crippen LogP contribution in [-0.4, -0.2) is 30.2 Å². The summed E-state index contributed by atoms with van der Waals surface area (Å²) in [5, 5.41) is 17.4. The van der Waals surface area contributed by atoms with Gasteiger partial charge in [-0.2, -0.15) is 5.21 Å². The zero-order chi connectivity index (χ0) is 19.1. The molecule has 0 unspecified atom stereocenters. The van der Waals surface area contributed by atoms with Crippen LogP contribution in [0.15, 0.2) is 46.6 Å². The molecule has 0 saturated carbocycles. The second-order valence-electron chi connectivity index (χ2n) is 6.90.